The molecule has 0 spiro atoms. The van der Waals surface area contributed by atoms with E-state index in [9.17, 15) is 0 Å². The predicted molar refractivity (Wildman–Crippen MR) is 93.3 cm³/mol. The first kappa shape index (κ1) is 18.7. The molecule has 5 nitrogen and oxygen atoms in total. The highest BCUT2D eigenvalue weighted by Gasteiger charge is 2.28. The Hall–Kier alpha value is -0.340. The molecule has 0 amide bonds. The third kappa shape index (κ3) is 6.58. The minimum absolute atomic E-state index is 0. The van der Waals surface area contributed by atoms with Crippen LogP contribution in [-0.4, -0.2) is 67.6 Å². The molecule has 0 radical (unpaired) electrons. The van der Waals surface area contributed by atoms with Gasteiger partial charge in [0.2, 0.25) is 0 Å². The lowest BCUT2D eigenvalue weighted by atomic mass is 10.0. The van der Waals surface area contributed by atoms with Gasteiger partial charge in [-0.25, -0.2) is 0 Å². The Labute approximate surface area is 134 Å². The van der Waals surface area contributed by atoms with E-state index in [0.717, 1.165) is 26.2 Å². The van der Waals surface area contributed by atoms with Crippen molar-refractivity contribution in [3.8, 4) is 0 Å². The first-order valence-electron chi connectivity index (χ1n) is 6.54. The van der Waals surface area contributed by atoms with Crippen molar-refractivity contribution >= 4 is 29.9 Å². The number of piperazine rings is 1. The largest absolute Gasteiger partial charge is 0.370 e. The minimum atomic E-state index is 0. The molecule has 0 aromatic heterocycles. The van der Waals surface area contributed by atoms with Gasteiger partial charge >= 0.3 is 0 Å². The van der Waals surface area contributed by atoms with Gasteiger partial charge in [0.25, 0.3) is 0 Å². The molecule has 112 valence electrons. The zero-order chi connectivity index (χ0) is 13.6. The average Bonchev–Trinajstić information content (AvgIpc) is 2.34. The number of hydrogen-bond acceptors (Lipinski definition) is 3. The van der Waals surface area contributed by atoms with Crippen LogP contribution < -0.4 is 11.1 Å². The zero-order valence-corrected chi connectivity index (χ0v) is 14.7. The van der Waals surface area contributed by atoms with Crippen LogP contribution in [0.2, 0.25) is 0 Å². The summed E-state index contributed by atoms with van der Waals surface area (Å²) in [5.41, 5.74) is 5.84. The predicted octanol–water partition coefficient (Wildman–Crippen LogP) is 0.721. The van der Waals surface area contributed by atoms with Crippen LogP contribution in [0.1, 0.15) is 13.8 Å². The Kier molecular flexibility index (Phi) is 8.60. The monoisotopic (exact) mass is 381 g/mol. The molecule has 0 atom stereocenters. The van der Waals surface area contributed by atoms with Crippen LogP contribution in [0.5, 0.6) is 0 Å². The summed E-state index contributed by atoms with van der Waals surface area (Å²) in [5, 5.41) is 3.00. The van der Waals surface area contributed by atoms with Crippen molar-refractivity contribution in [1.29, 1.82) is 0 Å². The summed E-state index contributed by atoms with van der Waals surface area (Å²) < 4.78 is 0. The summed E-state index contributed by atoms with van der Waals surface area (Å²) >= 11 is 0. The van der Waals surface area contributed by atoms with E-state index in [-0.39, 0.29) is 29.5 Å². The van der Waals surface area contributed by atoms with Crippen LogP contribution in [0, 0.1) is 0 Å². The average molecular weight is 381 g/mol. The lowest BCUT2D eigenvalue weighted by molar-refractivity contribution is 0.0677. The molecule has 1 aliphatic rings. The van der Waals surface area contributed by atoms with E-state index in [4.69, 9.17) is 5.73 Å². The molecule has 1 fully saturated rings. The van der Waals surface area contributed by atoms with Crippen LogP contribution in [0.3, 0.4) is 0 Å². The molecule has 1 aliphatic heterocycles. The van der Waals surface area contributed by atoms with Gasteiger partial charge in [0, 0.05) is 38.3 Å². The number of rotatable bonds is 5. The summed E-state index contributed by atoms with van der Waals surface area (Å²) in [5.74, 6) is 0.497. The summed E-state index contributed by atoms with van der Waals surface area (Å²) in [7, 11) is 2.17. The molecular weight excluding hydrogens is 353 g/mol. The second kappa shape index (κ2) is 8.76. The number of guanidine groups is 1. The summed E-state index contributed by atoms with van der Waals surface area (Å²) in [6, 6.07) is 0. The highest BCUT2D eigenvalue weighted by molar-refractivity contribution is 14.0. The van der Waals surface area contributed by atoms with Crippen molar-refractivity contribution in [2.75, 3.05) is 46.3 Å². The van der Waals surface area contributed by atoms with E-state index in [1.54, 1.807) is 6.08 Å². The zero-order valence-electron chi connectivity index (χ0n) is 12.4. The molecule has 6 heteroatoms. The maximum absolute atomic E-state index is 5.78. The van der Waals surface area contributed by atoms with Crippen molar-refractivity contribution < 1.29 is 0 Å². The lowest BCUT2D eigenvalue weighted by Crippen LogP contribution is -2.55. The first-order valence-corrected chi connectivity index (χ1v) is 6.54. The highest BCUT2D eigenvalue weighted by atomic mass is 127. The van der Waals surface area contributed by atoms with Crippen LogP contribution in [-0.2, 0) is 0 Å². The highest BCUT2D eigenvalue weighted by Crippen LogP contribution is 2.16. The van der Waals surface area contributed by atoms with Crippen LogP contribution >= 0.6 is 24.0 Å². The van der Waals surface area contributed by atoms with Crippen LogP contribution in [0.15, 0.2) is 17.6 Å². The van der Waals surface area contributed by atoms with Gasteiger partial charge < -0.3 is 16.0 Å². The number of aliphatic imine (C=N–C) groups is 1. The minimum Gasteiger partial charge on any atom is -0.370 e. The number of halogens is 1. The maximum Gasteiger partial charge on any atom is 0.188 e. The third-order valence-corrected chi connectivity index (χ3v) is 3.42. The molecule has 1 saturated heterocycles. The van der Waals surface area contributed by atoms with Gasteiger partial charge in [-0.15, -0.1) is 30.6 Å². The SMILES string of the molecule is C=CCNC(N)=NCC(C)(C)N1CCN(C)CC1.I. The molecule has 0 saturated carbocycles. The van der Waals surface area contributed by atoms with E-state index in [1.165, 1.54) is 0 Å². The molecular formula is C13H28IN5. The molecule has 0 unspecified atom stereocenters. The summed E-state index contributed by atoms with van der Waals surface area (Å²) in [6.07, 6.45) is 1.77. The van der Waals surface area contributed by atoms with Crippen LogP contribution in [0.4, 0.5) is 0 Å². The van der Waals surface area contributed by atoms with Gasteiger partial charge in [-0.2, -0.15) is 0 Å². The van der Waals surface area contributed by atoms with Crippen molar-refractivity contribution in [1.82, 2.24) is 15.1 Å². The van der Waals surface area contributed by atoms with Crippen molar-refractivity contribution in [3.63, 3.8) is 0 Å². The lowest BCUT2D eigenvalue weighted by Gasteiger charge is -2.42. The van der Waals surface area contributed by atoms with E-state index in [1.807, 2.05) is 0 Å². The molecule has 19 heavy (non-hydrogen) atoms. The first-order chi connectivity index (χ1) is 8.45. The van der Waals surface area contributed by atoms with Crippen molar-refractivity contribution in [3.05, 3.63) is 12.7 Å². The van der Waals surface area contributed by atoms with E-state index >= 15 is 0 Å². The second-order valence-electron chi connectivity index (χ2n) is 5.47. The Morgan fingerprint density at radius 2 is 1.95 bits per heavy atom. The van der Waals surface area contributed by atoms with Gasteiger partial charge in [-0.3, -0.25) is 9.89 Å². The molecule has 1 rings (SSSR count). The molecule has 1 heterocycles. The Morgan fingerprint density at radius 1 is 1.37 bits per heavy atom. The number of nitrogens with zero attached hydrogens (tertiary/aromatic N) is 3. The quantitative estimate of drug-likeness (QED) is 0.319. The normalized spacial score (nSPS) is 18.8. The third-order valence-electron chi connectivity index (χ3n) is 3.42. The standard InChI is InChI=1S/C13H27N5.HI/c1-5-6-15-12(14)16-11-13(2,3)18-9-7-17(4)8-10-18;/h5H,1,6-11H2,2-4H3,(H3,14,15,16);1H. The van der Waals surface area contributed by atoms with Crippen molar-refractivity contribution in [2.45, 2.75) is 19.4 Å². The van der Waals surface area contributed by atoms with Gasteiger partial charge in [0.05, 0.1) is 6.54 Å². The molecule has 3 N–H and O–H groups in total. The fourth-order valence-electron chi connectivity index (χ4n) is 2.02. The fourth-order valence-corrected chi connectivity index (χ4v) is 2.02. The van der Waals surface area contributed by atoms with E-state index in [2.05, 4.69) is 47.6 Å². The molecule has 0 aromatic carbocycles. The van der Waals surface area contributed by atoms with Crippen molar-refractivity contribution in [2.24, 2.45) is 10.7 Å². The van der Waals surface area contributed by atoms with Gasteiger partial charge in [-0.05, 0) is 20.9 Å². The number of nitrogens with one attached hydrogen (secondary N) is 1. The second-order valence-corrected chi connectivity index (χ2v) is 5.47. The molecule has 0 aliphatic carbocycles. The van der Waals surface area contributed by atoms with Gasteiger partial charge in [0.15, 0.2) is 5.96 Å². The summed E-state index contributed by atoms with van der Waals surface area (Å²) in [6.45, 7) is 13.9. The molecule has 0 aromatic rings. The maximum atomic E-state index is 5.78. The Morgan fingerprint density at radius 3 is 2.47 bits per heavy atom. The summed E-state index contributed by atoms with van der Waals surface area (Å²) in [4.78, 5) is 9.25. The molecule has 0 bridgehead atoms. The number of hydrogen-bond donors (Lipinski definition) is 2. The Bertz CT molecular complexity index is 295. The van der Waals surface area contributed by atoms with Crippen LogP contribution in [0.25, 0.3) is 0 Å². The number of likely N-dealkylation sites (N-methyl/N-ethyl adjacent to an activating group) is 1. The Balaban J connectivity index is 0.00000324. The number of nitrogens with two attached hydrogens (primary N) is 1. The van der Waals surface area contributed by atoms with E-state index < -0.39 is 0 Å². The smallest absolute Gasteiger partial charge is 0.188 e. The topological polar surface area (TPSA) is 56.9 Å². The van der Waals surface area contributed by atoms with Gasteiger partial charge in [-0.1, -0.05) is 6.08 Å². The fraction of sp³-hybridized carbons (Fsp3) is 0.769. The van der Waals surface area contributed by atoms with Gasteiger partial charge in [0.1, 0.15) is 0 Å². The van der Waals surface area contributed by atoms with E-state index in [0.29, 0.717) is 19.0 Å².